The molecule has 0 aliphatic rings. The number of hydrogen-bond acceptors (Lipinski definition) is 4. The molecule has 2 aromatic heterocycles. The van der Waals surface area contributed by atoms with Crippen molar-refractivity contribution in [2.45, 2.75) is 13.8 Å². The number of aryl methyl sites for hydroxylation is 2. The molecule has 0 unspecified atom stereocenters. The zero-order chi connectivity index (χ0) is 14.0. The first kappa shape index (κ1) is 13.7. The van der Waals surface area contributed by atoms with Gasteiger partial charge in [0.15, 0.2) is 0 Å². The zero-order valence-electron chi connectivity index (χ0n) is 10.5. The average molecular weight is 294 g/mol. The molecule has 0 radical (unpaired) electrons. The Bertz CT molecular complexity index is 646. The molecule has 0 spiro atoms. The minimum Gasteiger partial charge on any atom is -0.455 e. The van der Waals surface area contributed by atoms with Gasteiger partial charge >= 0.3 is 0 Å². The number of aromatic nitrogens is 2. The molecule has 0 aromatic carbocycles. The largest absolute Gasteiger partial charge is 0.455 e. The van der Waals surface area contributed by atoms with Crippen LogP contribution in [0.25, 0.3) is 0 Å². The van der Waals surface area contributed by atoms with Crippen molar-refractivity contribution in [2.75, 3.05) is 0 Å². The standard InChI is InChI=1S/C13H12ClN3OS/c1-7-3-11(12(13(15)19)8(2)17-7)18-10-4-9(14)5-16-6-10/h3-6H,1-2H3,(H2,15,19). The van der Waals surface area contributed by atoms with Gasteiger partial charge in [0, 0.05) is 24.0 Å². The number of halogens is 1. The minimum absolute atomic E-state index is 0.245. The van der Waals surface area contributed by atoms with E-state index in [9.17, 15) is 0 Å². The lowest BCUT2D eigenvalue weighted by atomic mass is 10.1. The van der Waals surface area contributed by atoms with Gasteiger partial charge in [0.25, 0.3) is 0 Å². The zero-order valence-corrected chi connectivity index (χ0v) is 12.0. The third kappa shape index (κ3) is 3.19. The summed E-state index contributed by atoms with van der Waals surface area (Å²) >= 11 is 10.9. The molecule has 0 aliphatic carbocycles. The molecule has 2 heterocycles. The highest BCUT2D eigenvalue weighted by Gasteiger charge is 2.13. The fraction of sp³-hybridized carbons (Fsp3) is 0.154. The summed E-state index contributed by atoms with van der Waals surface area (Å²) in [5, 5.41) is 0.497. The molecule has 2 rings (SSSR count). The van der Waals surface area contributed by atoms with Crippen LogP contribution >= 0.6 is 23.8 Å². The SMILES string of the molecule is Cc1cc(Oc2cncc(Cl)c2)c(C(N)=S)c(C)n1. The molecule has 2 N–H and O–H groups in total. The van der Waals surface area contributed by atoms with Crippen LogP contribution in [0, 0.1) is 13.8 Å². The Balaban J connectivity index is 2.47. The van der Waals surface area contributed by atoms with Crippen LogP contribution in [0.5, 0.6) is 11.5 Å². The number of thiocarbonyl (C=S) groups is 1. The fourth-order valence-electron chi connectivity index (χ4n) is 1.75. The van der Waals surface area contributed by atoms with E-state index in [0.717, 1.165) is 11.4 Å². The van der Waals surface area contributed by atoms with E-state index in [0.29, 0.717) is 22.1 Å². The van der Waals surface area contributed by atoms with Crippen molar-refractivity contribution in [3.8, 4) is 11.5 Å². The van der Waals surface area contributed by atoms with Crippen molar-refractivity contribution in [1.29, 1.82) is 0 Å². The predicted octanol–water partition coefficient (Wildman–Crippen LogP) is 3.17. The van der Waals surface area contributed by atoms with Gasteiger partial charge in [0.1, 0.15) is 16.5 Å². The number of pyridine rings is 2. The van der Waals surface area contributed by atoms with Gasteiger partial charge in [-0.2, -0.15) is 0 Å². The van der Waals surface area contributed by atoms with Crippen LogP contribution in [0.2, 0.25) is 5.02 Å². The summed E-state index contributed by atoms with van der Waals surface area (Å²) in [6, 6.07) is 3.45. The van der Waals surface area contributed by atoms with Crippen molar-refractivity contribution < 1.29 is 4.74 Å². The second kappa shape index (κ2) is 5.50. The van der Waals surface area contributed by atoms with E-state index in [1.54, 1.807) is 18.3 Å². The van der Waals surface area contributed by atoms with Gasteiger partial charge in [-0.1, -0.05) is 23.8 Å². The lowest BCUT2D eigenvalue weighted by Crippen LogP contribution is -2.14. The fourth-order valence-corrected chi connectivity index (χ4v) is 2.16. The Morgan fingerprint density at radius 2 is 2.05 bits per heavy atom. The van der Waals surface area contributed by atoms with E-state index in [2.05, 4.69) is 9.97 Å². The van der Waals surface area contributed by atoms with Crippen molar-refractivity contribution in [1.82, 2.24) is 9.97 Å². The normalized spacial score (nSPS) is 10.3. The van der Waals surface area contributed by atoms with E-state index in [1.807, 2.05) is 13.8 Å². The first-order chi connectivity index (χ1) is 8.97. The molecule has 0 bridgehead atoms. The topological polar surface area (TPSA) is 61.0 Å². The lowest BCUT2D eigenvalue weighted by molar-refractivity contribution is 0.477. The summed E-state index contributed by atoms with van der Waals surface area (Å²) in [4.78, 5) is 8.53. The molecule has 0 saturated heterocycles. The summed E-state index contributed by atoms with van der Waals surface area (Å²) in [7, 11) is 0. The van der Waals surface area contributed by atoms with Crippen LogP contribution in [0.1, 0.15) is 17.0 Å². The summed E-state index contributed by atoms with van der Waals surface area (Å²) in [5.41, 5.74) is 7.90. The first-order valence-electron chi connectivity index (χ1n) is 5.54. The Hall–Kier alpha value is -1.72. The maximum Gasteiger partial charge on any atom is 0.147 e. The van der Waals surface area contributed by atoms with Crippen LogP contribution in [0.15, 0.2) is 24.5 Å². The van der Waals surface area contributed by atoms with Crippen LogP contribution in [-0.2, 0) is 0 Å². The molecule has 2 aromatic rings. The number of hydrogen-bond donors (Lipinski definition) is 1. The van der Waals surface area contributed by atoms with Crippen LogP contribution < -0.4 is 10.5 Å². The highest BCUT2D eigenvalue weighted by molar-refractivity contribution is 7.80. The predicted molar refractivity (Wildman–Crippen MR) is 78.9 cm³/mol. The maximum atomic E-state index is 5.87. The second-order valence-electron chi connectivity index (χ2n) is 4.03. The van der Waals surface area contributed by atoms with E-state index in [1.165, 1.54) is 6.20 Å². The summed E-state index contributed by atoms with van der Waals surface area (Å²) in [5.74, 6) is 1.08. The summed E-state index contributed by atoms with van der Waals surface area (Å²) in [6.07, 6.45) is 3.10. The minimum atomic E-state index is 0.245. The third-order valence-electron chi connectivity index (χ3n) is 2.45. The summed E-state index contributed by atoms with van der Waals surface area (Å²) in [6.45, 7) is 3.71. The second-order valence-corrected chi connectivity index (χ2v) is 4.90. The van der Waals surface area contributed by atoms with Gasteiger partial charge in [-0.05, 0) is 13.8 Å². The Morgan fingerprint density at radius 1 is 1.32 bits per heavy atom. The van der Waals surface area contributed by atoms with Gasteiger partial charge < -0.3 is 10.5 Å². The smallest absolute Gasteiger partial charge is 0.147 e. The molecule has 0 amide bonds. The Kier molecular flexibility index (Phi) is 3.97. The van der Waals surface area contributed by atoms with E-state index >= 15 is 0 Å². The molecule has 4 nitrogen and oxygen atoms in total. The Labute approximate surface area is 121 Å². The number of ether oxygens (including phenoxy) is 1. The molecule has 19 heavy (non-hydrogen) atoms. The highest BCUT2D eigenvalue weighted by Crippen LogP contribution is 2.28. The molecule has 6 heteroatoms. The molecule has 0 saturated carbocycles. The van der Waals surface area contributed by atoms with Crippen molar-refractivity contribution >= 4 is 28.8 Å². The molecule has 0 atom stereocenters. The third-order valence-corrected chi connectivity index (χ3v) is 2.86. The monoisotopic (exact) mass is 293 g/mol. The Morgan fingerprint density at radius 3 is 2.68 bits per heavy atom. The quantitative estimate of drug-likeness (QED) is 0.881. The van der Waals surface area contributed by atoms with E-state index in [4.69, 9.17) is 34.3 Å². The van der Waals surface area contributed by atoms with Crippen LogP contribution in [-0.4, -0.2) is 15.0 Å². The molecule has 0 fully saturated rings. The van der Waals surface area contributed by atoms with Gasteiger partial charge in [-0.15, -0.1) is 0 Å². The van der Waals surface area contributed by atoms with Gasteiger partial charge in [-0.3, -0.25) is 9.97 Å². The van der Waals surface area contributed by atoms with Crippen molar-refractivity contribution in [2.24, 2.45) is 5.73 Å². The highest BCUT2D eigenvalue weighted by atomic mass is 35.5. The van der Waals surface area contributed by atoms with E-state index in [-0.39, 0.29) is 4.99 Å². The van der Waals surface area contributed by atoms with Crippen molar-refractivity contribution in [3.63, 3.8) is 0 Å². The molecular weight excluding hydrogens is 282 g/mol. The molecular formula is C13H12ClN3OS. The van der Waals surface area contributed by atoms with E-state index < -0.39 is 0 Å². The number of nitrogens with zero attached hydrogens (tertiary/aromatic N) is 2. The van der Waals surface area contributed by atoms with Crippen LogP contribution in [0.3, 0.4) is 0 Å². The number of nitrogens with two attached hydrogens (primary N) is 1. The lowest BCUT2D eigenvalue weighted by Gasteiger charge is -2.13. The van der Waals surface area contributed by atoms with Gasteiger partial charge in [0.05, 0.1) is 22.5 Å². The van der Waals surface area contributed by atoms with Gasteiger partial charge in [-0.25, -0.2) is 0 Å². The van der Waals surface area contributed by atoms with Crippen molar-refractivity contribution in [3.05, 3.63) is 46.5 Å². The average Bonchev–Trinajstić information content (AvgIpc) is 2.26. The molecule has 98 valence electrons. The molecule has 0 aliphatic heterocycles. The van der Waals surface area contributed by atoms with Crippen LogP contribution in [0.4, 0.5) is 0 Å². The summed E-state index contributed by atoms with van der Waals surface area (Å²) < 4.78 is 5.76. The first-order valence-corrected chi connectivity index (χ1v) is 6.32. The maximum absolute atomic E-state index is 5.87. The van der Waals surface area contributed by atoms with Gasteiger partial charge in [0.2, 0.25) is 0 Å². The number of rotatable bonds is 3.